The molecule has 0 unspecified atom stereocenters. The summed E-state index contributed by atoms with van der Waals surface area (Å²) >= 11 is 0. The van der Waals surface area contributed by atoms with E-state index in [-0.39, 0.29) is 11.4 Å². The van der Waals surface area contributed by atoms with Crippen molar-refractivity contribution in [3.63, 3.8) is 0 Å². The lowest BCUT2D eigenvalue weighted by Crippen LogP contribution is -2.36. The maximum Gasteiger partial charge on any atom is 0.239 e. The largest absolute Gasteiger partial charge is 0.362 e. The molecule has 1 aromatic carbocycles. The zero-order valence-corrected chi connectivity index (χ0v) is 14.0. The van der Waals surface area contributed by atoms with Gasteiger partial charge >= 0.3 is 0 Å². The van der Waals surface area contributed by atoms with Gasteiger partial charge in [-0.05, 0) is 44.9 Å². The summed E-state index contributed by atoms with van der Waals surface area (Å²) in [4.78, 5) is 13.7. The first kappa shape index (κ1) is 17.5. The molecule has 1 aromatic rings. The molecule has 0 aliphatic rings. The van der Waals surface area contributed by atoms with E-state index in [2.05, 4.69) is 67.5 Å². The minimum Gasteiger partial charge on any atom is -0.362 e. The molecule has 21 heavy (non-hydrogen) atoms. The van der Waals surface area contributed by atoms with Gasteiger partial charge in [0.2, 0.25) is 5.91 Å². The highest BCUT2D eigenvalue weighted by Crippen LogP contribution is 2.16. The number of amides is 1. The van der Waals surface area contributed by atoms with Crippen molar-refractivity contribution in [2.24, 2.45) is 0 Å². The van der Waals surface area contributed by atoms with Gasteiger partial charge < -0.3 is 15.5 Å². The number of nitrogens with one attached hydrogen (secondary N) is 2. The second-order valence-electron chi connectivity index (χ2n) is 6.36. The molecule has 0 aliphatic heterocycles. The predicted molar refractivity (Wildman–Crippen MR) is 89.6 cm³/mol. The third-order valence-corrected chi connectivity index (χ3v) is 3.23. The van der Waals surface area contributed by atoms with Crippen LogP contribution in [0.2, 0.25) is 0 Å². The van der Waals surface area contributed by atoms with Gasteiger partial charge in [-0.1, -0.05) is 19.1 Å². The Balaban J connectivity index is 2.70. The topological polar surface area (TPSA) is 44.4 Å². The van der Waals surface area contributed by atoms with Gasteiger partial charge in [-0.3, -0.25) is 4.79 Å². The molecule has 0 radical (unpaired) electrons. The Kier molecular flexibility index (Phi) is 6.69. The number of benzene rings is 1. The Morgan fingerprint density at radius 2 is 1.81 bits per heavy atom. The maximum atomic E-state index is 11.6. The lowest BCUT2D eigenvalue weighted by Gasteiger charge is -2.24. The molecule has 0 heterocycles. The Morgan fingerprint density at radius 3 is 2.29 bits per heavy atom. The van der Waals surface area contributed by atoms with Crippen LogP contribution in [0.25, 0.3) is 0 Å². The van der Waals surface area contributed by atoms with Gasteiger partial charge in [0.15, 0.2) is 0 Å². The van der Waals surface area contributed by atoms with Crippen molar-refractivity contribution in [2.75, 3.05) is 25.0 Å². The highest BCUT2D eigenvalue weighted by atomic mass is 16.1. The smallest absolute Gasteiger partial charge is 0.239 e. The normalized spacial score (nSPS) is 11.3. The van der Waals surface area contributed by atoms with Gasteiger partial charge in [-0.15, -0.1) is 0 Å². The molecule has 0 atom stereocenters. The van der Waals surface area contributed by atoms with E-state index in [0.29, 0.717) is 6.54 Å². The van der Waals surface area contributed by atoms with Crippen LogP contribution in [-0.4, -0.2) is 31.6 Å². The summed E-state index contributed by atoms with van der Waals surface area (Å²) in [6.45, 7) is 10.7. The van der Waals surface area contributed by atoms with Crippen LogP contribution in [0.4, 0.5) is 5.69 Å². The minimum absolute atomic E-state index is 0.0434. The first-order chi connectivity index (χ1) is 9.85. The monoisotopic (exact) mass is 291 g/mol. The summed E-state index contributed by atoms with van der Waals surface area (Å²) in [7, 11) is 1.67. The van der Waals surface area contributed by atoms with E-state index in [1.165, 1.54) is 5.56 Å². The van der Waals surface area contributed by atoms with Crippen molar-refractivity contribution >= 4 is 11.6 Å². The van der Waals surface area contributed by atoms with Crippen LogP contribution in [0.1, 0.15) is 39.7 Å². The molecule has 0 fully saturated rings. The molecule has 0 saturated carbocycles. The molecule has 118 valence electrons. The van der Waals surface area contributed by atoms with E-state index in [1.54, 1.807) is 7.05 Å². The number of anilines is 1. The number of nitrogens with zero attached hydrogens (tertiary/aromatic N) is 1. The van der Waals surface area contributed by atoms with Crippen LogP contribution in [0.3, 0.4) is 0 Å². The number of rotatable bonds is 7. The van der Waals surface area contributed by atoms with Crippen molar-refractivity contribution < 1.29 is 4.79 Å². The summed E-state index contributed by atoms with van der Waals surface area (Å²) in [6.07, 6.45) is 1.02. The van der Waals surface area contributed by atoms with Gasteiger partial charge in [0.25, 0.3) is 0 Å². The fraction of sp³-hybridized carbons (Fsp3) is 0.588. The summed E-state index contributed by atoms with van der Waals surface area (Å²) < 4.78 is 0. The molecule has 4 heteroatoms. The summed E-state index contributed by atoms with van der Waals surface area (Å²) in [5.74, 6) is 0.0434. The Hall–Kier alpha value is -1.55. The first-order valence-corrected chi connectivity index (χ1v) is 7.65. The fourth-order valence-electron chi connectivity index (χ4n) is 2.01. The minimum atomic E-state index is 0.0434. The average molecular weight is 291 g/mol. The number of likely N-dealkylation sites (N-methyl/N-ethyl adjacent to an activating group) is 1. The first-order valence-electron chi connectivity index (χ1n) is 7.65. The quantitative estimate of drug-likeness (QED) is 0.811. The van der Waals surface area contributed by atoms with E-state index in [1.807, 2.05) is 0 Å². The van der Waals surface area contributed by atoms with E-state index >= 15 is 0 Å². The second-order valence-corrected chi connectivity index (χ2v) is 6.36. The van der Waals surface area contributed by atoms with Crippen LogP contribution >= 0.6 is 0 Å². The third-order valence-electron chi connectivity index (χ3n) is 3.23. The summed E-state index contributed by atoms with van der Waals surface area (Å²) in [5, 5.41) is 6.16. The Bertz CT molecular complexity index is 434. The number of hydrogen-bond acceptors (Lipinski definition) is 3. The van der Waals surface area contributed by atoms with Gasteiger partial charge in [-0.25, -0.2) is 0 Å². The second kappa shape index (κ2) is 8.03. The number of carbonyl (C=O) groups is 1. The molecule has 0 saturated heterocycles. The highest BCUT2D eigenvalue weighted by molar-refractivity contribution is 5.81. The van der Waals surface area contributed by atoms with Gasteiger partial charge in [0, 0.05) is 31.4 Å². The zero-order chi connectivity index (χ0) is 15.9. The zero-order valence-electron chi connectivity index (χ0n) is 14.0. The molecule has 1 amide bonds. The summed E-state index contributed by atoms with van der Waals surface area (Å²) in [6, 6.07) is 8.44. The van der Waals surface area contributed by atoms with Crippen LogP contribution in [-0.2, 0) is 11.3 Å². The predicted octanol–water partition coefficient (Wildman–Crippen LogP) is 2.54. The number of hydrogen-bond donors (Lipinski definition) is 2. The average Bonchev–Trinajstić information content (AvgIpc) is 2.44. The molecule has 0 spiro atoms. The molecule has 1 rings (SSSR count). The highest BCUT2D eigenvalue weighted by Gasteiger charge is 2.11. The fourth-order valence-corrected chi connectivity index (χ4v) is 2.01. The van der Waals surface area contributed by atoms with E-state index in [0.717, 1.165) is 25.2 Å². The summed E-state index contributed by atoms with van der Waals surface area (Å²) in [5.41, 5.74) is 2.47. The molecule has 2 N–H and O–H groups in total. The standard InChI is InChI=1S/C17H29N3O/c1-6-11-20(13-16(21)18-5)15-9-7-14(8-10-15)12-19-17(2,3)4/h7-10,19H,6,11-13H2,1-5H3,(H,18,21). The Labute approximate surface area is 128 Å². The lowest BCUT2D eigenvalue weighted by atomic mass is 10.1. The van der Waals surface area contributed by atoms with E-state index in [4.69, 9.17) is 0 Å². The molecule has 0 aliphatic carbocycles. The number of carbonyl (C=O) groups excluding carboxylic acids is 1. The molecule has 0 aromatic heterocycles. The van der Waals surface area contributed by atoms with Crippen molar-refractivity contribution in [1.29, 1.82) is 0 Å². The van der Waals surface area contributed by atoms with Crippen molar-refractivity contribution in [3.05, 3.63) is 29.8 Å². The van der Waals surface area contributed by atoms with Gasteiger partial charge in [0.05, 0.1) is 6.54 Å². The van der Waals surface area contributed by atoms with E-state index in [9.17, 15) is 4.79 Å². The maximum absolute atomic E-state index is 11.6. The van der Waals surface area contributed by atoms with Crippen LogP contribution in [0, 0.1) is 0 Å². The van der Waals surface area contributed by atoms with Crippen LogP contribution in [0.5, 0.6) is 0 Å². The molecular weight excluding hydrogens is 262 g/mol. The molecule has 0 bridgehead atoms. The SMILES string of the molecule is CCCN(CC(=O)NC)c1ccc(CNC(C)(C)C)cc1. The van der Waals surface area contributed by atoms with Crippen molar-refractivity contribution in [3.8, 4) is 0 Å². The van der Waals surface area contributed by atoms with E-state index < -0.39 is 0 Å². The third kappa shape index (κ3) is 6.63. The van der Waals surface area contributed by atoms with Gasteiger partial charge in [-0.2, -0.15) is 0 Å². The Morgan fingerprint density at radius 1 is 1.19 bits per heavy atom. The molecule has 4 nitrogen and oxygen atoms in total. The van der Waals surface area contributed by atoms with Crippen molar-refractivity contribution in [2.45, 2.75) is 46.2 Å². The molecular formula is C17H29N3O. The van der Waals surface area contributed by atoms with Crippen LogP contribution < -0.4 is 15.5 Å². The van der Waals surface area contributed by atoms with Crippen molar-refractivity contribution in [1.82, 2.24) is 10.6 Å². The lowest BCUT2D eigenvalue weighted by molar-refractivity contribution is -0.119. The van der Waals surface area contributed by atoms with Gasteiger partial charge in [0.1, 0.15) is 0 Å². The van der Waals surface area contributed by atoms with Crippen LogP contribution in [0.15, 0.2) is 24.3 Å².